The fourth-order valence-corrected chi connectivity index (χ4v) is 6.96. The summed E-state index contributed by atoms with van der Waals surface area (Å²) in [7, 11) is -3.78. The topological polar surface area (TPSA) is 153 Å². The lowest BCUT2D eigenvalue weighted by Crippen LogP contribution is -2.54. The molecule has 0 unspecified atom stereocenters. The van der Waals surface area contributed by atoms with Gasteiger partial charge in [-0.2, -0.15) is 0 Å². The second kappa shape index (κ2) is 9.74. The SMILES string of the molecule is Cc1cc(CN)ccc1C1CCN(S(=O)(=O)CC2(C(=O)NO)CCN(C(=O)O)CC2)CC1. The van der Waals surface area contributed by atoms with Crippen LogP contribution < -0.4 is 11.2 Å². The van der Waals surface area contributed by atoms with E-state index >= 15 is 0 Å². The molecule has 0 aliphatic carbocycles. The summed E-state index contributed by atoms with van der Waals surface area (Å²) in [5.41, 5.74) is 9.36. The van der Waals surface area contributed by atoms with Gasteiger partial charge < -0.3 is 15.7 Å². The number of carboxylic acid groups (broad SMARTS) is 1. The highest BCUT2D eigenvalue weighted by Crippen LogP contribution is 2.36. The molecular weight excluding hydrogens is 436 g/mol. The number of carbonyl (C=O) groups is 2. The average Bonchev–Trinajstić information content (AvgIpc) is 2.78. The smallest absolute Gasteiger partial charge is 0.407 e. The van der Waals surface area contributed by atoms with Gasteiger partial charge in [0.05, 0.1) is 11.2 Å². The maximum atomic E-state index is 13.2. The number of hydroxylamine groups is 1. The molecule has 11 heteroatoms. The minimum Gasteiger partial charge on any atom is -0.465 e. The van der Waals surface area contributed by atoms with Crippen molar-refractivity contribution in [3.05, 3.63) is 34.9 Å². The van der Waals surface area contributed by atoms with Gasteiger partial charge in [0.15, 0.2) is 0 Å². The highest BCUT2D eigenvalue weighted by Gasteiger charge is 2.47. The van der Waals surface area contributed by atoms with Crippen molar-refractivity contribution in [1.82, 2.24) is 14.7 Å². The van der Waals surface area contributed by atoms with Crippen LogP contribution in [0, 0.1) is 12.3 Å². The number of benzene rings is 1. The van der Waals surface area contributed by atoms with Gasteiger partial charge >= 0.3 is 6.09 Å². The van der Waals surface area contributed by atoms with Crippen LogP contribution in [0.4, 0.5) is 4.79 Å². The number of piperidine rings is 2. The van der Waals surface area contributed by atoms with Crippen molar-refractivity contribution >= 4 is 22.0 Å². The zero-order valence-electron chi connectivity index (χ0n) is 18.3. The van der Waals surface area contributed by atoms with Gasteiger partial charge in [-0.05, 0) is 55.2 Å². The third-order valence-corrected chi connectivity index (χ3v) is 8.96. The summed E-state index contributed by atoms with van der Waals surface area (Å²) in [6.07, 6.45) is 0.312. The first kappa shape index (κ1) is 24.4. The van der Waals surface area contributed by atoms with Crippen LogP contribution in [0.1, 0.15) is 48.3 Å². The Morgan fingerprint density at radius 3 is 2.31 bits per heavy atom. The molecule has 32 heavy (non-hydrogen) atoms. The summed E-state index contributed by atoms with van der Waals surface area (Å²) in [4.78, 5) is 24.8. The quantitative estimate of drug-likeness (QED) is 0.362. The summed E-state index contributed by atoms with van der Waals surface area (Å²) < 4.78 is 27.8. The Balaban J connectivity index is 1.69. The van der Waals surface area contributed by atoms with Gasteiger partial charge in [-0.3, -0.25) is 10.0 Å². The van der Waals surface area contributed by atoms with E-state index in [1.54, 1.807) is 5.48 Å². The average molecular weight is 469 g/mol. The van der Waals surface area contributed by atoms with Crippen LogP contribution in [0.2, 0.25) is 0 Å². The number of hydrogen-bond acceptors (Lipinski definition) is 6. The number of nitrogens with two attached hydrogens (primary N) is 1. The predicted octanol–water partition coefficient (Wildman–Crippen LogP) is 1.23. The van der Waals surface area contributed by atoms with Gasteiger partial charge in [0.2, 0.25) is 10.0 Å². The van der Waals surface area contributed by atoms with E-state index in [4.69, 9.17) is 10.8 Å². The van der Waals surface area contributed by atoms with Crippen LogP contribution in [0.25, 0.3) is 0 Å². The van der Waals surface area contributed by atoms with E-state index in [-0.39, 0.29) is 31.8 Å². The van der Waals surface area contributed by atoms with Crippen molar-refractivity contribution in [2.75, 3.05) is 31.9 Å². The first-order valence-electron chi connectivity index (χ1n) is 10.8. The Bertz CT molecular complexity index is 951. The lowest BCUT2D eigenvalue weighted by molar-refractivity contribution is -0.141. The highest BCUT2D eigenvalue weighted by atomic mass is 32.2. The first-order chi connectivity index (χ1) is 15.1. The van der Waals surface area contributed by atoms with E-state index < -0.39 is 33.2 Å². The third kappa shape index (κ3) is 5.06. The Labute approximate surface area is 188 Å². The molecule has 3 rings (SSSR count). The van der Waals surface area contributed by atoms with E-state index in [0.717, 1.165) is 16.0 Å². The van der Waals surface area contributed by atoms with Crippen LogP contribution >= 0.6 is 0 Å². The number of carbonyl (C=O) groups excluding carboxylic acids is 1. The molecule has 2 aliphatic heterocycles. The van der Waals surface area contributed by atoms with E-state index in [9.17, 15) is 23.2 Å². The number of likely N-dealkylation sites (tertiary alicyclic amines) is 1. The molecule has 2 fully saturated rings. The molecule has 2 heterocycles. The van der Waals surface area contributed by atoms with Crippen molar-refractivity contribution in [2.24, 2.45) is 11.1 Å². The summed E-state index contributed by atoms with van der Waals surface area (Å²) in [6, 6.07) is 6.15. The van der Waals surface area contributed by atoms with E-state index in [0.29, 0.717) is 32.5 Å². The highest BCUT2D eigenvalue weighted by molar-refractivity contribution is 7.89. The molecule has 1 aromatic carbocycles. The largest absolute Gasteiger partial charge is 0.465 e. The summed E-state index contributed by atoms with van der Waals surface area (Å²) in [6.45, 7) is 3.30. The monoisotopic (exact) mass is 468 g/mol. The van der Waals surface area contributed by atoms with Gasteiger partial charge in [0.25, 0.3) is 5.91 Å². The van der Waals surface area contributed by atoms with E-state index in [2.05, 4.69) is 12.1 Å². The van der Waals surface area contributed by atoms with Crippen molar-refractivity contribution in [3.63, 3.8) is 0 Å². The normalized spacial score (nSPS) is 20.2. The van der Waals surface area contributed by atoms with Gasteiger partial charge in [0.1, 0.15) is 0 Å². The molecule has 0 atom stereocenters. The predicted molar refractivity (Wildman–Crippen MR) is 118 cm³/mol. The molecule has 2 aliphatic rings. The molecule has 2 amide bonds. The zero-order valence-corrected chi connectivity index (χ0v) is 19.1. The Kier molecular flexibility index (Phi) is 7.43. The Morgan fingerprint density at radius 2 is 1.81 bits per heavy atom. The minimum atomic E-state index is -3.78. The molecule has 0 bridgehead atoms. The van der Waals surface area contributed by atoms with Crippen LogP contribution in [0.3, 0.4) is 0 Å². The molecule has 0 radical (unpaired) electrons. The van der Waals surface area contributed by atoms with Crippen LogP contribution in [0.5, 0.6) is 0 Å². The number of sulfonamides is 1. The molecule has 1 aromatic rings. The zero-order chi connectivity index (χ0) is 23.5. The standard InChI is InChI=1S/C21H32N4O6S/c1-15-12-16(13-22)2-3-18(15)17-4-8-25(9-5-17)32(30,31)14-21(19(26)23-29)6-10-24(11-7-21)20(27)28/h2-3,12,17,29H,4-11,13-14,22H2,1H3,(H,23,26)(H,27,28). The van der Waals surface area contributed by atoms with Crippen LogP contribution in [0.15, 0.2) is 18.2 Å². The fourth-order valence-electron chi connectivity index (χ4n) is 4.89. The number of rotatable bonds is 6. The lowest BCUT2D eigenvalue weighted by Gasteiger charge is -2.40. The van der Waals surface area contributed by atoms with Crippen molar-refractivity contribution in [3.8, 4) is 0 Å². The lowest BCUT2D eigenvalue weighted by atomic mass is 9.79. The number of amides is 2. The second-order valence-corrected chi connectivity index (χ2v) is 10.8. The number of nitrogens with zero attached hydrogens (tertiary/aromatic N) is 2. The number of nitrogens with one attached hydrogen (secondary N) is 1. The molecule has 0 spiro atoms. The maximum absolute atomic E-state index is 13.2. The number of hydrogen-bond donors (Lipinski definition) is 4. The molecule has 10 nitrogen and oxygen atoms in total. The van der Waals surface area contributed by atoms with Crippen LogP contribution in [-0.2, 0) is 21.4 Å². The Morgan fingerprint density at radius 1 is 1.19 bits per heavy atom. The van der Waals surface area contributed by atoms with Gasteiger partial charge in [-0.25, -0.2) is 23.0 Å². The number of aryl methyl sites for hydroxylation is 1. The van der Waals surface area contributed by atoms with Gasteiger partial charge in [-0.1, -0.05) is 18.2 Å². The molecule has 5 N–H and O–H groups in total. The first-order valence-corrected chi connectivity index (χ1v) is 12.4. The van der Waals surface area contributed by atoms with Gasteiger partial charge in [-0.15, -0.1) is 0 Å². The van der Waals surface area contributed by atoms with E-state index in [1.807, 2.05) is 13.0 Å². The van der Waals surface area contributed by atoms with Gasteiger partial charge in [0, 0.05) is 32.7 Å². The summed E-state index contributed by atoms with van der Waals surface area (Å²) in [5, 5.41) is 18.4. The molecule has 0 aromatic heterocycles. The summed E-state index contributed by atoms with van der Waals surface area (Å²) >= 11 is 0. The molecular formula is C21H32N4O6S. The minimum absolute atomic E-state index is 0.0358. The van der Waals surface area contributed by atoms with E-state index in [1.165, 1.54) is 9.87 Å². The Hall–Kier alpha value is -2.21. The van der Waals surface area contributed by atoms with Crippen molar-refractivity contribution in [1.29, 1.82) is 0 Å². The fraction of sp³-hybridized carbons (Fsp3) is 0.619. The second-order valence-electron chi connectivity index (χ2n) is 8.82. The van der Waals surface area contributed by atoms with Crippen molar-refractivity contribution < 1.29 is 28.3 Å². The maximum Gasteiger partial charge on any atom is 0.407 e. The molecule has 178 valence electrons. The van der Waals surface area contributed by atoms with Crippen molar-refractivity contribution in [2.45, 2.75) is 45.1 Å². The molecule has 0 saturated carbocycles. The van der Waals surface area contributed by atoms with Crippen LogP contribution in [-0.4, -0.2) is 71.9 Å². The summed E-state index contributed by atoms with van der Waals surface area (Å²) in [5.74, 6) is -0.979. The molecule has 2 saturated heterocycles. The third-order valence-electron chi connectivity index (χ3n) is 6.89.